The molecule has 124 valence electrons. The standard InChI is InChI=1S/C13H12N6O4S/c1-23-13(20)18-12-16-9-4-3-8(7-10(9)17-12)24(21,22)19-11-14-5-2-6-15-11/h2-7H,1H3,(H,14,15,19)(H2,16,17,18,20). The molecule has 0 saturated carbocycles. The number of rotatable bonds is 4. The summed E-state index contributed by atoms with van der Waals surface area (Å²) < 4.78 is 31.5. The zero-order valence-electron chi connectivity index (χ0n) is 12.3. The Morgan fingerprint density at radius 2 is 2.00 bits per heavy atom. The van der Waals surface area contributed by atoms with Crippen LogP contribution in [-0.4, -0.2) is 41.6 Å². The molecule has 2 heterocycles. The zero-order chi connectivity index (χ0) is 17.2. The van der Waals surface area contributed by atoms with Crippen LogP contribution in [0.15, 0.2) is 41.6 Å². The monoisotopic (exact) mass is 348 g/mol. The van der Waals surface area contributed by atoms with E-state index >= 15 is 0 Å². The molecule has 11 heteroatoms. The van der Waals surface area contributed by atoms with Crippen LogP contribution < -0.4 is 10.0 Å². The number of carbonyl (C=O) groups excluding carboxylic acids is 1. The van der Waals surface area contributed by atoms with Crippen molar-refractivity contribution >= 4 is 39.0 Å². The number of ether oxygens (including phenoxy) is 1. The van der Waals surface area contributed by atoms with Gasteiger partial charge < -0.3 is 9.72 Å². The Labute approximate surface area is 136 Å². The van der Waals surface area contributed by atoms with Gasteiger partial charge in [-0.05, 0) is 24.3 Å². The second-order valence-corrected chi connectivity index (χ2v) is 6.24. The van der Waals surface area contributed by atoms with E-state index in [1.807, 2.05) is 0 Å². The Morgan fingerprint density at radius 3 is 2.71 bits per heavy atom. The highest BCUT2D eigenvalue weighted by atomic mass is 32.2. The highest BCUT2D eigenvalue weighted by Gasteiger charge is 2.17. The third-order valence-electron chi connectivity index (χ3n) is 2.96. The molecule has 0 spiro atoms. The Balaban J connectivity index is 1.91. The summed E-state index contributed by atoms with van der Waals surface area (Å²) in [6, 6.07) is 5.85. The lowest BCUT2D eigenvalue weighted by molar-refractivity contribution is 0.186. The number of amides is 1. The maximum Gasteiger partial charge on any atom is 0.413 e. The molecule has 24 heavy (non-hydrogen) atoms. The first-order valence-electron chi connectivity index (χ1n) is 6.62. The summed E-state index contributed by atoms with van der Waals surface area (Å²) in [5.41, 5.74) is 0.912. The first kappa shape index (κ1) is 15.7. The van der Waals surface area contributed by atoms with Gasteiger partial charge in [-0.2, -0.15) is 0 Å². The van der Waals surface area contributed by atoms with Gasteiger partial charge in [0, 0.05) is 12.4 Å². The molecule has 3 aromatic rings. The van der Waals surface area contributed by atoms with Crippen LogP contribution in [0.4, 0.5) is 16.7 Å². The van der Waals surface area contributed by atoms with E-state index in [0.717, 1.165) is 0 Å². The number of aromatic nitrogens is 4. The largest absolute Gasteiger partial charge is 0.453 e. The summed E-state index contributed by atoms with van der Waals surface area (Å²) in [6.45, 7) is 0. The van der Waals surface area contributed by atoms with Gasteiger partial charge in [0.15, 0.2) is 0 Å². The minimum absolute atomic E-state index is 0.00396. The van der Waals surface area contributed by atoms with Crippen molar-refractivity contribution in [3.8, 4) is 0 Å². The van der Waals surface area contributed by atoms with E-state index in [-0.39, 0.29) is 16.8 Å². The molecule has 0 unspecified atom stereocenters. The van der Waals surface area contributed by atoms with Gasteiger partial charge in [0.05, 0.1) is 23.0 Å². The van der Waals surface area contributed by atoms with Gasteiger partial charge in [0.25, 0.3) is 10.0 Å². The van der Waals surface area contributed by atoms with Gasteiger partial charge in [0.1, 0.15) is 0 Å². The molecule has 0 bridgehead atoms. The number of nitrogens with zero attached hydrogens (tertiary/aromatic N) is 3. The number of imidazole rings is 1. The Kier molecular flexibility index (Phi) is 4.00. The molecule has 0 atom stereocenters. The fourth-order valence-corrected chi connectivity index (χ4v) is 2.88. The molecule has 0 saturated heterocycles. The van der Waals surface area contributed by atoms with Gasteiger partial charge in [-0.3, -0.25) is 5.32 Å². The number of H-pyrrole nitrogens is 1. The molecule has 0 aliphatic rings. The summed E-state index contributed by atoms with van der Waals surface area (Å²) in [4.78, 5) is 25.7. The highest BCUT2D eigenvalue weighted by Crippen LogP contribution is 2.20. The molecular weight excluding hydrogens is 336 g/mol. The van der Waals surface area contributed by atoms with Crippen LogP contribution in [-0.2, 0) is 14.8 Å². The quantitative estimate of drug-likeness (QED) is 0.646. The van der Waals surface area contributed by atoms with E-state index in [1.165, 1.54) is 37.7 Å². The molecule has 1 aromatic carbocycles. The van der Waals surface area contributed by atoms with Crippen molar-refractivity contribution < 1.29 is 17.9 Å². The Morgan fingerprint density at radius 1 is 1.25 bits per heavy atom. The zero-order valence-corrected chi connectivity index (χ0v) is 13.2. The molecule has 0 aliphatic carbocycles. The molecule has 0 radical (unpaired) electrons. The van der Waals surface area contributed by atoms with Crippen molar-refractivity contribution in [2.45, 2.75) is 4.90 Å². The smallest absolute Gasteiger partial charge is 0.413 e. The molecule has 1 amide bonds. The van der Waals surface area contributed by atoms with Crippen molar-refractivity contribution in [2.75, 3.05) is 17.1 Å². The van der Waals surface area contributed by atoms with E-state index in [0.29, 0.717) is 11.0 Å². The first-order chi connectivity index (χ1) is 11.5. The van der Waals surface area contributed by atoms with E-state index < -0.39 is 16.1 Å². The molecule has 0 fully saturated rings. The number of carbonyl (C=O) groups is 1. The normalized spacial score (nSPS) is 11.2. The Bertz CT molecular complexity index is 986. The fourth-order valence-electron chi connectivity index (χ4n) is 1.89. The number of fused-ring (bicyclic) bond motifs is 1. The topological polar surface area (TPSA) is 139 Å². The molecule has 0 aliphatic heterocycles. The molecule has 3 N–H and O–H groups in total. The fraction of sp³-hybridized carbons (Fsp3) is 0.0769. The van der Waals surface area contributed by atoms with Crippen LogP contribution in [0.3, 0.4) is 0 Å². The number of aromatic amines is 1. The predicted octanol–water partition coefficient (Wildman–Crippen LogP) is 1.33. The number of nitrogens with one attached hydrogen (secondary N) is 3. The van der Waals surface area contributed by atoms with Crippen LogP contribution in [0.1, 0.15) is 0 Å². The van der Waals surface area contributed by atoms with Crippen molar-refractivity contribution in [3.63, 3.8) is 0 Å². The summed E-state index contributed by atoms with van der Waals surface area (Å²) in [5, 5.41) is 2.37. The average molecular weight is 348 g/mol. The van der Waals surface area contributed by atoms with Crippen LogP contribution in [0.2, 0.25) is 0 Å². The molecule has 2 aromatic heterocycles. The number of methoxy groups -OCH3 is 1. The lowest BCUT2D eigenvalue weighted by atomic mass is 10.3. The van der Waals surface area contributed by atoms with E-state index in [2.05, 4.69) is 34.7 Å². The van der Waals surface area contributed by atoms with Gasteiger partial charge >= 0.3 is 6.09 Å². The molecule has 10 nitrogen and oxygen atoms in total. The number of benzene rings is 1. The first-order valence-corrected chi connectivity index (χ1v) is 8.11. The predicted molar refractivity (Wildman–Crippen MR) is 85.0 cm³/mol. The molecular formula is C13H12N6O4S. The SMILES string of the molecule is COC(=O)Nc1nc2ccc(S(=O)(=O)Nc3ncccn3)cc2[nH]1. The van der Waals surface area contributed by atoms with Gasteiger partial charge in [-0.15, -0.1) is 0 Å². The van der Waals surface area contributed by atoms with Gasteiger partial charge in [0.2, 0.25) is 11.9 Å². The lowest BCUT2D eigenvalue weighted by Gasteiger charge is -2.05. The van der Waals surface area contributed by atoms with Gasteiger partial charge in [-0.1, -0.05) is 0 Å². The van der Waals surface area contributed by atoms with Crippen molar-refractivity contribution in [2.24, 2.45) is 0 Å². The number of sulfonamides is 1. The van der Waals surface area contributed by atoms with Crippen molar-refractivity contribution in [1.82, 2.24) is 19.9 Å². The van der Waals surface area contributed by atoms with E-state index in [4.69, 9.17) is 0 Å². The van der Waals surface area contributed by atoms with Crippen molar-refractivity contribution in [1.29, 1.82) is 0 Å². The van der Waals surface area contributed by atoms with Crippen LogP contribution in [0.25, 0.3) is 11.0 Å². The van der Waals surface area contributed by atoms with E-state index in [1.54, 1.807) is 6.07 Å². The summed E-state index contributed by atoms with van der Waals surface area (Å²) in [7, 11) is -2.64. The van der Waals surface area contributed by atoms with Crippen molar-refractivity contribution in [3.05, 3.63) is 36.7 Å². The van der Waals surface area contributed by atoms with Gasteiger partial charge in [-0.25, -0.2) is 32.9 Å². The number of anilines is 2. The summed E-state index contributed by atoms with van der Waals surface area (Å²) in [6.07, 6.45) is 2.16. The summed E-state index contributed by atoms with van der Waals surface area (Å²) in [5.74, 6) is 0.112. The highest BCUT2D eigenvalue weighted by molar-refractivity contribution is 7.92. The lowest BCUT2D eigenvalue weighted by Crippen LogP contribution is -2.14. The van der Waals surface area contributed by atoms with Crippen LogP contribution >= 0.6 is 0 Å². The number of hydrogen-bond acceptors (Lipinski definition) is 7. The third kappa shape index (κ3) is 3.25. The Hall–Kier alpha value is -3.21. The van der Waals surface area contributed by atoms with Crippen LogP contribution in [0.5, 0.6) is 0 Å². The number of hydrogen-bond donors (Lipinski definition) is 3. The molecule has 3 rings (SSSR count). The van der Waals surface area contributed by atoms with Crippen LogP contribution in [0, 0.1) is 0 Å². The maximum atomic E-state index is 12.4. The second-order valence-electron chi connectivity index (χ2n) is 4.56. The second kappa shape index (κ2) is 6.12. The third-order valence-corrected chi connectivity index (χ3v) is 4.29. The minimum atomic E-state index is -3.86. The maximum absolute atomic E-state index is 12.4. The summed E-state index contributed by atoms with van der Waals surface area (Å²) >= 11 is 0. The average Bonchev–Trinajstić information content (AvgIpc) is 2.96. The minimum Gasteiger partial charge on any atom is -0.453 e. The van der Waals surface area contributed by atoms with E-state index in [9.17, 15) is 13.2 Å².